The van der Waals surface area contributed by atoms with E-state index in [2.05, 4.69) is 17.4 Å². The standard InChI is InChI=1S/C11H16N2O2/c1-7-3-4-9(5-7)12-11(14)10-6-8(2)13-15-10/h6-7,9H,3-5H2,1-2H3,(H,12,14). The molecule has 0 spiro atoms. The fraction of sp³-hybridized carbons (Fsp3) is 0.636. The van der Waals surface area contributed by atoms with Crippen molar-refractivity contribution < 1.29 is 9.32 Å². The average Bonchev–Trinajstić information content (AvgIpc) is 2.75. The van der Waals surface area contributed by atoms with Crippen molar-refractivity contribution in [3.05, 3.63) is 17.5 Å². The van der Waals surface area contributed by atoms with Crippen molar-refractivity contribution in [3.63, 3.8) is 0 Å². The lowest BCUT2D eigenvalue weighted by molar-refractivity contribution is 0.0900. The quantitative estimate of drug-likeness (QED) is 0.807. The van der Waals surface area contributed by atoms with Crippen molar-refractivity contribution in [1.29, 1.82) is 0 Å². The molecule has 2 atom stereocenters. The summed E-state index contributed by atoms with van der Waals surface area (Å²) < 4.78 is 4.90. The van der Waals surface area contributed by atoms with Crippen LogP contribution in [0.25, 0.3) is 0 Å². The van der Waals surface area contributed by atoms with Gasteiger partial charge in [-0.15, -0.1) is 0 Å². The minimum atomic E-state index is -0.144. The molecule has 1 aromatic heterocycles. The number of nitrogens with one attached hydrogen (secondary N) is 1. The Labute approximate surface area is 89.0 Å². The Balaban J connectivity index is 1.92. The van der Waals surface area contributed by atoms with E-state index in [1.54, 1.807) is 13.0 Å². The minimum Gasteiger partial charge on any atom is -0.351 e. The maximum Gasteiger partial charge on any atom is 0.290 e. The number of nitrogens with zero attached hydrogens (tertiary/aromatic N) is 1. The third kappa shape index (κ3) is 2.37. The van der Waals surface area contributed by atoms with Gasteiger partial charge >= 0.3 is 0 Å². The van der Waals surface area contributed by atoms with Crippen LogP contribution in [-0.4, -0.2) is 17.1 Å². The summed E-state index contributed by atoms with van der Waals surface area (Å²) in [7, 11) is 0. The molecule has 0 radical (unpaired) electrons. The second kappa shape index (κ2) is 4.04. The van der Waals surface area contributed by atoms with Crippen LogP contribution in [0.5, 0.6) is 0 Å². The van der Waals surface area contributed by atoms with Gasteiger partial charge in [0, 0.05) is 12.1 Å². The highest BCUT2D eigenvalue weighted by Gasteiger charge is 2.24. The molecule has 2 unspecified atom stereocenters. The van der Waals surface area contributed by atoms with Gasteiger partial charge in [0.1, 0.15) is 0 Å². The van der Waals surface area contributed by atoms with E-state index in [4.69, 9.17) is 4.52 Å². The van der Waals surface area contributed by atoms with Gasteiger partial charge in [-0.2, -0.15) is 0 Å². The topological polar surface area (TPSA) is 55.1 Å². The minimum absolute atomic E-state index is 0.144. The maximum absolute atomic E-state index is 11.7. The zero-order valence-electron chi connectivity index (χ0n) is 9.12. The molecule has 1 N–H and O–H groups in total. The molecule has 82 valence electrons. The Morgan fingerprint density at radius 1 is 1.60 bits per heavy atom. The first-order chi connectivity index (χ1) is 7.15. The molecule has 0 aromatic carbocycles. The van der Waals surface area contributed by atoms with E-state index >= 15 is 0 Å². The van der Waals surface area contributed by atoms with Gasteiger partial charge in [-0.25, -0.2) is 0 Å². The molecular weight excluding hydrogens is 192 g/mol. The van der Waals surface area contributed by atoms with Crippen molar-refractivity contribution >= 4 is 5.91 Å². The predicted molar refractivity (Wildman–Crippen MR) is 55.5 cm³/mol. The molecule has 0 bridgehead atoms. The molecule has 1 heterocycles. The van der Waals surface area contributed by atoms with E-state index in [9.17, 15) is 4.79 Å². The van der Waals surface area contributed by atoms with E-state index in [1.165, 1.54) is 6.42 Å². The van der Waals surface area contributed by atoms with Crippen LogP contribution in [0, 0.1) is 12.8 Å². The van der Waals surface area contributed by atoms with E-state index < -0.39 is 0 Å². The summed E-state index contributed by atoms with van der Waals surface area (Å²) in [5.41, 5.74) is 0.736. The number of rotatable bonds is 2. The van der Waals surface area contributed by atoms with Crippen molar-refractivity contribution in [2.45, 2.75) is 39.2 Å². The maximum atomic E-state index is 11.7. The van der Waals surface area contributed by atoms with E-state index in [-0.39, 0.29) is 5.91 Å². The van der Waals surface area contributed by atoms with Crippen LogP contribution in [0.15, 0.2) is 10.6 Å². The summed E-state index contributed by atoms with van der Waals surface area (Å²) in [6.45, 7) is 4.02. The predicted octanol–water partition coefficient (Wildman–Crippen LogP) is 1.90. The summed E-state index contributed by atoms with van der Waals surface area (Å²) in [4.78, 5) is 11.7. The van der Waals surface area contributed by atoms with Crippen molar-refractivity contribution in [2.24, 2.45) is 5.92 Å². The second-order valence-electron chi connectivity index (χ2n) is 4.42. The Kier molecular flexibility index (Phi) is 2.75. The van der Waals surface area contributed by atoms with Crippen LogP contribution >= 0.6 is 0 Å². The van der Waals surface area contributed by atoms with Gasteiger partial charge in [-0.1, -0.05) is 12.1 Å². The van der Waals surface area contributed by atoms with E-state index in [0.717, 1.165) is 18.5 Å². The molecule has 1 saturated carbocycles. The largest absolute Gasteiger partial charge is 0.351 e. The first-order valence-electron chi connectivity index (χ1n) is 5.39. The first kappa shape index (κ1) is 10.2. The van der Waals surface area contributed by atoms with Crippen LogP contribution in [-0.2, 0) is 0 Å². The fourth-order valence-electron chi connectivity index (χ4n) is 2.07. The third-order valence-corrected chi connectivity index (χ3v) is 2.88. The van der Waals surface area contributed by atoms with Crippen molar-refractivity contribution in [2.75, 3.05) is 0 Å². The summed E-state index contributed by atoms with van der Waals surface area (Å²) in [5, 5.41) is 6.66. The lowest BCUT2D eigenvalue weighted by atomic mass is 10.1. The lowest BCUT2D eigenvalue weighted by Gasteiger charge is -2.10. The first-order valence-corrected chi connectivity index (χ1v) is 5.39. The monoisotopic (exact) mass is 208 g/mol. The third-order valence-electron chi connectivity index (χ3n) is 2.88. The van der Waals surface area contributed by atoms with Gasteiger partial charge in [0.25, 0.3) is 5.91 Å². The number of aryl methyl sites for hydroxylation is 1. The molecule has 1 aliphatic carbocycles. The number of amides is 1. The Morgan fingerprint density at radius 3 is 2.93 bits per heavy atom. The van der Waals surface area contributed by atoms with Crippen LogP contribution in [0.1, 0.15) is 42.4 Å². The van der Waals surface area contributed by atoms with Crippen LogP contribution in [0.2, 0.25) is 0 Å². The number of aromatic nitrogens is 1. The average molecular weight is 208 g/mol. The van der Waals surface area contributed by atoms with E-state index in [1.807, 2.05) is 0 Å². The SMILES string of the molecule is Cc1cc(C(=O)NC2CCC(C)C2)on1. The zero-order valence-corrected chi connectivity index (χ0v) is 9.12. The van der Waals surface area contributed by atoms with Gasteiger partial charge in [-0.05, 0) is 32.1 Å². The summed E-state index contributed by atoms with van der Waals surface area (Å²) in [6.07, 6.45) is 3.33. The molecule has 1 aliphatic rings. The van der Waals surface area contributed by atoms with Gasteiger partial charge in [0.15, 0.2) is 0 Å². The second-order valence-corrected chi connectivity index (χ2v) is 4.42. The Bertz CT molecular complexity index is 359. The van der Waals surface area contributed by atoms with Crippen molar-refractivity contribution in [1.82, 2.24) is 10.5 Å². The number of carbonyl (C=O) groups is 1. The van der Waals surface area contributed by atoms with Gasteiger partial charge in [-0.3, -0.25) is 4.79 Å². The molecule has 4 nitrogen and oxygen atoms in total. The smallest absolute Gasteiger partial charge is 0.290 e. The molecule has 1 aromatic rings. The molecule has 15 heavy (non-hydrogen) atoms. The number of hydrogen-bond donors (Lipinski definition) is 1. The van der Waals surface area contributed by atoms with Crippen LogP contribution in [0.4, 0.5) is 0 Å². The van der Waals surface area contributed by atoms with Gasteiger partial charge in [0.2, 0.25) is 5.76 Å². The van der Waals surface area contributed by atoms with Crippen LogP contribution < -0.4 is 5.32 Å². The molecular formula is C11H16N2O2. The Hall–Kier alpha value is -1.32. The number of carbonyl (C=O) groups excluding carboxylic acids is 1. The normalized spacial score (nSPS) is 25.5. The Morgan fingerprint density at radius 2 is 2.40 bits per heavy atom. The zero-order chi connectivity index (χ0) is 10.8. The summed E-state index contributed by atoms with van der Waals surface area (Å²) in [6, 6.07) is 1.96. The highest BCUT2D eigenvalue weighted by Crippen LogP contribution is 2.24. The molecule has 2 rings (SSSR count). The van der Waals surface area contributed by atoms with Crippen LogP contribution in [0.3, 0.4) is 0 Å². The number of hydrogen-bond acceptors (Lipinski definition) is 3. The lowest BCUT2D eigenvalue weighted by Crippen LogP contribution is -2.32. The molecule has 1 amide bonds. The molecule has 0 saturated heterocycles. The van der Waals surface area contributed by atoms with Crippen molar-refractivity contribution in [3.8, 4) is 0 Å². The summed E-state index contributed by atoms with van der Waals surface area (Å²) >= 11 is 0. The van der Waals surface area contributed by atoms with E-state index in [0.29, 0.717) is 17.7 Å². The fourth-order valence-corrected chi connectivity index (χ4v) is 2.07. The highest BCUT2D eigenvalue weighted by atomic mass is 16.5. The van der Waals surface area contributed by atoms with Gasteiger partial charge < -0.3 is 9.84 Å². The molecule has 4 heteroatoms. The summed E-state index contributed by atoms with van der Waals surface area (Å²) in [5.74, 6) is 0.883. The molecule has 1 fully saturated rings. The molecule has 0 aliphatic heterocycles. The van der Waals surface area contributed by atoms with Gasteiger partial charge in [0.05, 0.1) is 5.69 Å². The highest BCUT2D eigenvalue weighted by molar-refractivity contribution is 5.91.